The second-order valence-electron chi connectivity index (χ2n) is 6.78. The van der Waals surface area contributed by atoms with Crippen molar-refractivity contribution in [2.45, 2.75) is 13.5 Å². The van der Waals surface area contributed by atoms with Gasteiger partial charge in [-0.15, -0.1) is 11.3 Å². The summed E-state index contributed by atoms with van der Waals surface area (Å²) in [5.41, 5.74) is 7.21. The van der Waals surface area contributed by atoms with E-state index in [-0.39, 0.29) is 11.3 Å². The number of amides is 1. The van der Waals surface area contributed by atoms with Crippen molar-refractivity contribution in [2.75, 3.05) is 7.11 Å². The van der Waals surface area contributed by atoms with Crippen molar-refractivity contribution in [1.29, 1.82) is 0 Å². The van der Waals surface area contributed by atoms with Crippen molar-refractivity contribution < 1.29 is 19.1 Å². The first kappa shape index (κ1) is 20.9. The summed E-state index contributed by atoms with van der Waals surface area (Å²) in [4.78, 5) is 25.7. The Balaban J connectivity index is 1.66. The van der Waals surface area contributed by atoms with Crippen LogP contribution in [0.3, 0.4) is 0 Å². The van der Waals surface area contributed by atoms with Gasteiger partial charge in [0.05, 0.1) is 24.9 Å². The number of aryl methyl sites for hydroxylation is 1. The molecule has 9 heteroatoms. The van der Waals surface area contributed by atoms with E-state index in [1.165, 1.54) is 30.6 Å². The Hall–Kier alpha value is -3.36. The van der Waals surface area contributed by atoms with E-state index in [9.17, 15) is 9.59 Å². The fraction of sp³-hybridized carbons (Fsp3) is 0.136. The van der Waals surface area contributed by atoms with E-state index < -0.39 is 11.9 Å². The van der Waals surface area contributed by atoms with Crippen LogP contribution in [0.1, 0.15) is 31.3 Å². The highest BCUT2D eigenvalue weighted by Crippen LogP contribution is 2.31. The molecule has 0 spiro atoms. The lowest BCUT2D eigenvalue weighted by molar-refractivity contribution is 0.0737. The Bertz CT molecular complexity index is 1310. The zero-order chi connectivity index (χ0) is 22.1. The van der Waals surface area contributed by atoms with Crippen LogP contribution < -0.4 is 15.2 Å². The number of methoxy groups -OCH3 is 1. The van der Waals surface area contributed by atoms with E-state index in [0.717, 1.165) is 21.5 Å². The number of thiophene rings is 1. The van der Waals surface area contributed by atoms with Gasteiger partial charge in [-0.1, -0.05) is 29.8 Å². The quantitative estimate of drug-likeness (QED) is 0.342. The minimum Gasteiger partial charge on any atom is -0.497 e. The molecule has 158 valence electrons. The number of esters is 1. The highest BCUT2D eigenvalue weighted by atomic mass is 35.5. The van der Waals surface area contributed by atoms with E-state index in [2.05, 4.69) is 5.10 Å². The molecule has 2 heterocycles. The highest BCUT2D eigenvalue weighted by Gasteiger charge is 2.21. The molecular weight excluding hydrogens is 438 g/mol. The Morgan fingerprint density at radius 3 is 2.68 bits per heavy atom. The average Bonchev–Trinajstić information content (AvgIpc) is 3.31. The number of nitrogens with zero attached hydrogens (tertiary/aromatic N) is 2. The van der Waals surface area contributed by atoms with E-state index in [4.69, 9.17) is 26.8 Å². The SMILES string of the molecule is COc1ccc(C(N)=O)c(OC(=O)c2cc3c(C)nn(Cc4ccccc4Cl)c3s2)c1. The highest BCUT2D eigenvalue weighted by molar-refractivity contribution is 7.20. The molecule has 2 aromatic heterocycles. The number of benzene rings is 2. The number of primary amides is 1. The summed E-state index contributed by atoms with van der Waals surface area (Å²) in [6, 6.07) is 13.8. The average molecular weight is 456 g/mol. The van der Waals surface area contributed by atoms with Gasteiger partial charge in [0, 0.05) is 16.5 Å². The largest absolute Gasteiger partial charge is 0.497 e. The number of ether oxygens (including phenoxy) is 2. The summed E-state index contributed by atoms with van der Waals surface area (Å²) in [5, 5.41) is 6.07. The zero-order valence-corrected chi connectivity index (χ0v) is 18.3. The first-order chi connectivity index (χ1) is 14.9. The molecule has 2 aromatic carbocycles. The topological polar surface area (TPSA) is 96.4 Å². The summed E-state index contributed by atoms with van der Waals surface area (Å²) in [7, 11) is 1.48. The molecule has 0 aliphatic rings. The molecule has 7 nitrogen and oxygen atoms in total. The lowest BCUT2D eigenvalue weighted by Crippen LogP contribution is -2.15. The summed E-state index contributed by atoms with van der Waals surface area (Å²) < 4.78 is 12.5. The van der Waals surface area contributed by atoms with Gasteiger partial charge in [0.2, 0.25) is 0 Å². The maximum Gasteiger partial charge on any atom is 0.353 e. The monoisotopic (exact) mass is 455 g/mol. The first-order valence-corrected chi connectivity index (χ1v) is 10.5. The first-order valence-electron chi connectivity index (χ1n) is 9.27. The molecule has 31 heavy (non-hydrogen) atoms. The number of hydrogen-bond acceptors (Lipinski definition) is 6. The molecule has 2 N–H and O–H groups in total. The maximum atomic E-state index is 12.8. The fourth-order valence-corrected chi connectivity index (χ4v) is 4.41. The van der Waals surface area contributed by atoms with Gasteiger partial charge in [0.25, 0.3) is 5.91 Å². The Kier molecular flexibility index (Phi) is 5.67. The lowest BCUT2D eigenvalue weighted by atomic mass is 10.2. The molecule has 0 aliphatic heterocycles. The maximum absolute atomic E-state index is 12.8. The minimum atomic E-state index is -0.701. The van der Waals surface area contributed by atoms with Crippen molar-refractivity contribution in [3.8, 4) is 11.5 Å². The Morgan fingerprint density at radius 1 is 1.19 bits per heavy atom. The molecule has 0 radical (unpaired) electrons. The Morgan fingerprint density at radius 2 is 1.97 bits per heavy atom. The smallest absolute Gasteiger partial charge is 0.353 e. The van der Waals surface area contributed by atoms with Crippen LogP contribution >= 0.6 is 22.9 Å². The normalized spacial score (nSPS) is 10.9. The molecule has 1 amide bonds. The zero-order valence-electron chi connectivity index (χ0n) is 16.7. The lowest BCUT2D eigenvalue weighted by Gasteiger charge is -2.09. The number of aromatic nitrogens is 2. The molecule has 0 unspecified atom stereocenters. The summed E-state index contributed by atoms with van der Waals surface area (Å²) >= 11 is 7.54. The van der Waals surface area contributed by atoms with Crippen LogP contribution in [0.4, 0.5) is 0 Å². The second-order valence-corrected chi connectivity index (χ2v) is 8.22. The Labute approximate surface area is 186 Å². The van der Waals surface area contributed by atoms with Crippen LogP contribution in [0.15, 0.2) is 48.5 Å². The van der Waals surface area contributed by atoms with Crippen molar-refractivity contribution >= 4 is 45.0 Å². The van der Waals surface area contributed by atoms with Gasteiger partial charge in [-0.25, -0.2) is 4.79 Å². The molecular formula is C22H18ClN3O4S. The van der Waals surface area contributed by atoms with Crippen LogP contribution in [0.2, 0.25) is 5.02 Å². The summed E-state index contributed by atoms with van der Waals surface area (Å²) in [6.45, 7) is 2.35. The van der Waals surface area contributed by atoms with Gasteiger partial charge in [-0.05, 0) is 36.8 Å². The predicted octanol–water partition coefficient (Wildman–Crippen LogP) is 4.43. The second kappa shape index (κ2) is 8.41. The van der Waals surface area contributed by atoms with Crippen molar-refractivity contribution in [2.24, 2.45) is 5.73 Å². The molecule has 0 aliphatic carbocycles. The van der Waals surface area contributed by atoms with Gasteiger partial charge >= 0.3 is 5.97 Å². The van der Waals surface area contributed by atoms with Crippen LogP contribution in [0, 0.1) is 6.92 Å². The van der Waals surface area contributed by atoms with E-state index in [0.29, 0.717) is 22.2 Å². The van der Waals surface area contributed by atoms with E-state index in [1.807, 2.05) is 35.9 Å². The van der Waals surface area contributed by atoms with Crippen molar-refractivity contribution in [1.82, 2.24) is 9.78 Å². The third-order valence-electron chi connectivity index (χ3n) is 4.74. The summed E-state index contributed by atoms with van der Waals surface area (Å²) in [6.07, 6.45) is 0. The molecule has 0 fully saturated rings. The number of hydrogen-bond donors (Lipinski definition) is 1. The number of rotatable bonds is 6. The standard InChI is InChI=1S/C22H18ClN3O4S/c1-12-16-10-19(22(28)30-18-9-14(29-2)7-8-15(18)20(24)27)31-21(16)26(25-12)11-13-5-3-4-6-17(13)23/h3-10H,11H2,1-2H3,(H2,24,27). The van der Waals surface area contributed by atoms with Crippen LogP contribution in [0.25, 0.3) is 10.2 Å². The molecule has 4 aromatic rings. The third-order valence-corrected chi connectivity index (χ3v) is 6.24. The number of nitrogens with two attached hydrogens (primary N) is 1. The third kappa shape index (κ3) is 4.12. The van der Waals surface area contributed by atoms with Gasteiger partial charge < -0.3 is 15.2 Å². The number of fused-ring (bicyclic) bond motifs is 1. The van der Waals surface area contributed by atoms with Gasteiger partial charge in [0.1, 0.15) is 21.2 Å². The molecule has 4 rings (SSSR count). The van der Waals surface area contributed by atoms with Gasteiger partial charge in [-0.2, -0.15) is 5.10 Å². The predicted molar refractivity (Wildman–Crippen MR) is 119 cm³/mol. The number of halogens is 1. The van der Waals surface area contributed by atoms with Crippen molar-refractivity contribution in [3.63, 3.8) is 0 Å². The van der Waals surface area contributed by atoms with Crippen LogP contribution in [-0.4, -0.2) is 28.8 Å². The molecule has 0 bridgehead atoms. The van der Waals surface area contributed by atoms with Crippen molar-refractivity contribution in [3.05, 3.63) is 75.3 Å². The van der Waals surface area contributed by atoms with Crippen LogP contribution in [-0.2, 0) is 6.54 Å². The van der Waals surface area contributed by atoms with Gasteiger partial charge in [0.15, 0.2) is 0 Å². The van der Waals surface area contributed by atoms with Crippen LogP contribution in [0.5, 0.6) is 11.5 Å². The molecule has 0 saturated heterocycles. The number of carbonyl (C=O) groups excluding carboxylic acids is 2. The van der Waals surface area contributed by atoms with Gasteiger partial charge in [-0.3, -0.25) is 9.48 Å². The minimum absolute atomic E-state index is 0.0451. The fourth-order valence-electron chi connectivity index (χ4n) is 3.18. The molecule has 0 atom stereocenters. The van der Waals surface area contributed by atoms with E-state index >= 15 is 0 Å². The molecule has 0 saturated carbocycles. The number of carbonyl (C=O) groups is 2. The van der Waals surface area contributed by atoms with E-state index in [1.54, 1.807) is 12.1 Å². The summed E-state index contributed by atoms with van der Waals surface area (Å²) in [5.74, 6) is -0.812.